The Morgan fingerprint density at radius 1 is 1.59 bits per heavy atom. The van der Waals surface area contributed by atoms with Gasteiger partial charge in [0, 0.05) is 30.9 Å². The Hall–Kier alpha value is -2.09. The van der Waals surface area contributed by atoms with Crippen molar-refractivity contribution in [2.75, 3.05) is 18.5 Å². The molecule has 0 fully saturated rings. The molecule has 1 rings (SSSR count). The predicted octanol–water partition coefficient (Wildman–Crippen LogP) is 2.50. The van der Waals surface area contributed by atoms with Crippen molar-refractivity contribution in [2.24, 2.45) is 5.92 Å². The molecule has 1 aromatic rings. The smallest absolute Gasteiger partial charge is 0.272 e. The van der Waals surface area contributed by atoms with E-state index in [4.69, 9.17) is 5.26 Å². The summed E-state index contributed by atoms with van der Waals surface area (Å²) in [6.45, 7) is 4.16. The molecule has 0 bridgehead atoms. The van der Waals surface area contributed by atoms with Crippen LogP contribution >= 0.6 is 0 Å². The molecule has 0 aromatic heterocycles. The predicted molar refractivity (Wildman–Crippen MR) is 65.9 cm³/mol. The summed E-state index contributed by atoms with van der Waals surface area (Å²) in [6.07, 6.45) is 0. The van der Waals surface area contributed by atoms with Crippen molar-refractivity contribution in [3.8, 4) is 6.07 Å². The number of benzene rings is 1. The van der Waals surface area contributed by atoms with Gasteiger partial charge in [0.05, 0.1) is 16.9 Å². The second-order valence-electron chi connectivity index (χ2n) is 4.14. The second-order valence-corrected chi connectivity index (χ2v) is 4.14. The highest BCUT2D eigenvalue weighted by molar-refractivity contribution is 5.54. The van der Waals surface area contributed by atoms with Gasteiger partial charge >= 0.3 is 0 Å². The summed E-state index contributed by atoms with van der Waals surface area (Å²) in [4.78, 5) is 12.2. The van der Waals surface area contributed by atoms with Gasteiger partial charge in [-0.1, -0.05) is 0 Å². The highest BCUT2D eigenvalue weighted by atomic mass is 16.6. The average Bonchev–Trinajstić information content (AvgIpc) is 2.28. The van der Waals surface area contributed by atoms with Crippen molar-refractivity contribution in [3.05, 3.63) is 33.9 Å². The van der Waals surface area contributed by atoms with Gasteiger partial charge in [-0.05, 0) is 26.0 Å². The SMILES string of the molecule is Cc1cc(N(C)CC(C)C#N)ccc1[N+](=O)[O-]. The fraction of sp³-hybridized carbons (Fsp3) is 0.417. The first-order valence-electron chi connectivity index (χ1n) is 5.31. The van der Waals surface area contributed by atoms with E-state index in [2.05, 4.69) is 6.07 Å². The van der Waals surface area contributed by atoms with Gasteiger partial charge in [0.15, 0.2) is 0 Å². The van der Waals surface area contributed by atoms with E-state index in [9.17, 15) is 10.1 Å². The van der Waals surface area contributed by atoms with Crippen LogP contribution in [0, 0.1) is 34.3 Å². The fourth-order valence-electron chi connectivity index (χ4n) is 1.64. The molecule has 0 amide bonds. The molecule has 17 heavy (non-hydrogen) atoms. The molecule has 5 heteroatoms. The normalized spacial score (nSPS) is 11.6. The molecule has 0 aliphatic rings. The van der Waals surface area contributed by atoms with Crippen LogP contribution in [0.15, 0.2) is 18.2 Å². The summed E-state index contributed by atoms with van der Waals surface area (Å²) in [5.41, 5.74) is 1.63. The number of nitrogens with zero attached hydrogens (tertiary/aromatic N) is 3. The lowest BCUT2D eigenvalue weighted by atomic mass is 10.1. The number of hydrogen-bond acceptors (Lipinski definition) is 4. The quantitative estimate of drug-likeness (QED) is 0.591. The standard InChI is InChI=1S/C12H15N3O2/c1-9(7-13)8-14(3)11-4-5-12(15(16)17)10(2)6-11/h4-6,9H,8H2,1-3H3. The molecule has 0 spiro atoms. The molecule has 0 saturated carbocycles. The summed E-state index contributed by atoms with van der Waals surface area (Å²) in [5, 5.41) is 19.4. The largest absolute Gasteiger partial charge is 0.373 e. The Morgan fingerprint density at radius 3 is 2.71 bits per heavy atom. The summed E-state index contributed by atoms with van der Waals surface area (Å²) >= 11 is 0. The molecule has 5 nitrogen and oxygen atoms in total. The van der Waals surface area contributed by atoms with Gasteiger partial charge in [0.1, 0.15) is 0 Å². The molecule has 0 aliphatic carbocycles. The van der Waals surface area contributed by atoms with Gasteiger partial charge in [0.2, 0.25) is 0 Å². The van der Waals surface area contributed by atoms with E-state index < -0.39 is 4.92 Å². The highest BCUT2D eigenvalue weighted by Gasteiger charge is 2.12. The van der Waals surface area contributed by atoms with E-state index in [1.54, 1.807) is 19.1 Å². The molecule has 0 saturated heterocycles. The number of aryl methyl sites for hydroxylation is 1. The van der Waals surface area contributed by atoms with Crippen LogP contribution in [0.3, 0.4) is 0 Å². The molecular formula is C12H15N3O2. The summed E-state index contributed by atoms with van der Waals surface area (Å²) < 4.78 is 0. The summed E-state index contributed by atoms with van der Waals surface area (Å²) in [5.74, 6) is -0.0736. The van der Waals surface area contributed by atoms with Crippen LogP contribution < -0.4 is 4.90 Å². The molecule has 1 unspecified atom stereocenters. The molecule has 0 radical (unpaired) electrons. The summed E-state index contributed by atoms with van der Waals surface area (Å²) in [7, 11) is 1.87. The van der Waals surface area contributed by atoms with Crippen molar-refractivity contribution in [2.45, 2.75) is 13.8 Å². The number of hydrogen-bond donors (Lipinski definition) is 0. The number of rotatable bonds is 4. The van der Waals surface area contributed by atoms with Crippen LogP contribution in [0.1, 0.15) is 12.5 Å². The Morgan fingerprint density at radius 2 is 2.24 bits per heavy atom. The van der Waals surface area contributed by atoms with Crippen LogP contribution in [0.2, 0.25) is 0 Å². The first-order valence-corrected chi connectivity index (χ1v) is 5.31. The van der Waals surface area contributed by atoms with Crippen LogP contribution in [0.5, 0.6) is 0 Å². The second kappa shape index (κ2) is 5.30. The van der Waals surface area contributed by atoms with Crippen LogP contribution in [-0.4, -0.2) is 18.5 Å². The zero-order valence-corrected chi connectivity index (χ0v) is 10.2. The fourth-order valence-corrected chi connectivity index (χ4v) is 1.64. The van der Waals surface area contributed by atoms with E-state index in [0.29, 0.717) is 12.1 Å². The maximum atomic E-state index is 10.7. The summed E-state index contributed by atoms with van der Waals surface area (Å²) in [6, 6.07) is 7.13. The minimum absolute atomic E-state index is 0.0736. The van der Waals surface area contributed by atoms with E-state index in [0.717, 1.165) is 5.69 Å². The third kappa shape index (κ3) is 3.18. The Balaban J connectivity index is 2.90. The topological polar surface area (TPSA) is 70.2 Å². The zero-order valence-electron chi connectivity index (χ0n) is 10.2. The number of nitro groups is 1. The van der Waals surface area contributed by atoms with Gasteiger partial charge in [0.25, 0.3) is 5.69 Å². The zero-order chi connectivity index (χ0) is 13.0. The lowest BCUT2D eigenvalue weighted by molar-refractivity contribution is -0.385. The third-order valence-corrected chi connectivity index (χ3v) is 2.59. The Labute approximate surface area is 100 Å². The first-order chi connectivity index (χ1) is 7.95. The molecular weight excluding hydrogens is 218 g/mol. The van der Waals surface area contributed by atoms with Crippen molar-refractivity contribution < 1.29 is 4.92 Å². The first kappa shape index (κ1) is 13.0. The van der Waals surface area contributed by atoms with Crippen molar-refractivity contribution in [1.29, 1.82) is 5.26 Å². The third-order valence-electron chi connectivity index (χ3n) is 2.59. The van der Waals surface area contributed by atoms with Gasteiger partial charge in [-0.25, -0.2) is 0 Å². The minimum atomic E-state index is -0.392. The monoisotopic (exact) mass is 233 g/mol. The van der Waals surface area contributed by atoms with Gasteiger partial charge in [-0.3, -0.25) is 10.1 Å². The number of anilines is 1. The maximum absolute atomic E-state index is 10.7. The van der Waals surface area contributed by atoms with Gasteiger partial charge < -0.3 is 4.90 Å². The number of nitriles is 1. The van der Waals surface area contributed by atoms with Crippen LogP contribution in [0.4, 0.5) is 11.4 Å². The van der Waals surface area contributed by atoms with Crippen LogP contribution in [0.25, 0.3) is 0 Å². The van der Waals surface area contributed by atoms with Gasteiger partial charge in [-0.2, -0.15) is 5.26 Å². The van der Waals surface area contributed by atoms with E-state index in [1.165, 1.54) is 6.07 Å². The maximum Gasteiger partial charge on any atom is 0.272 e. The molecule has 0 aliphatic heterocycles. The van der Waals surface area contributed by atoms with E-state index in [-0.39, 0.29) is 11.6 Å². The molecule has 1 aromatic carbocycles. The average molecular weight is 233 g/mol. The molecule has 0 heterocycles. The van der Waals surface area contributed by atoms with Crippen LogP contribution in [-0.2, 0) is 0 Å². The minimum Gasteiger partial charge on any atom is -0.373 e. The lowest BCUT2D eigenvalue weighted by Crippen LogP contribution is -2.23. The molecule has 0 N–H and O–H groups in total. The number of nitro benzene ring substituents is 1. The van der Waals surface area contributed by atoms with Crippen molar-refractivity contribution >= 4 is 11.4 Å². The highest BCUT2D eigenvalue weighted by Crippen LogP contribution is 2.23. The van der Waals surface area contributed by atoms with Crippen molar-refractivity contribution in [3.63, 3.8) is 0 Å². The lowest BCUT2D eigenvalue weighted by Gasteiger charge is -2.20. The van der Waals surface area contributed by atoms with Crippen molar-refractivity contribution in [1.82, 2.24) is 0 Å². The van der Waals surface area contributed by atoms with Gasteiger partial charge in [-0.15, -0.1) is 0 Å². The Bertz CT molecular complexity index is 465. The molecule has 1 atom stereocenters. The Kier molecular flexibility index (Phi) is 4.05. The molecule has 90 valence electrons. The van der Waals surface area contributed by atoms with E-state index >= 15 is 0 Å². The van der Waals surface area contributed by atoms with E-state index in [1.807, 2.05) is 18.9 Å².